The third-order valence-corrected chi connectivity index (χ3v) is 2.86. The molecule has 0 N–H and O–H groups in total. The highest BCUT2D eigenvalue weighted by Gasteiger charge is 2.20. The summed E-state index contributed by atoms with van der Waals surface area (Å²) in [6, 6.07) is 0. The van der Waals surface area contributed by atoms with Gasteiger partial charge in [-0.25, -0.2) is 0 Å². The second-order valence-corrected chi connectivity index (χ2v) is 3.89. The third-order valence-electron chi connectivity index (χ3n) is 2.86. The van der Waals surface area contributed by atoms with E-state index in [-0.39, 0.29) is 0 Å². The van der Waals surface area contributed by atoms with Gasteiger partial charge in [0.15, 0.2) is 0 Å². The lowest BCUT2D eigenvalue weighted by Crippen LogP contribution is -2.16. The minimum atomic E-state index is 0.811. The number of hydrogen-bond acceptors (Lipinski definition) is 0. The molecule has 10 heavy (non-hydrogen) atoms. The molecule has 0 bridgehead atoms. The van der Waals surface area contributed by atoms with Gasteiger partial charge in [-0.1, -0.05) is 37.7 Å². The molecule has 0 spiro atoms. The average Bonchev–Trinajstić information content (AvgIpc) is 1.82. The molecule has 0 aromatic rings. The van der Waals surface area contributed by atoms with Gasteiger partial charge in [0.05, 0.1) is 0 Å². The highest BCUT2D eigenvalue weighted by Crippen LogP contribution is 2.33. The van der Waals surface area contributed by atoms with Crippen LogP contribution >= 0.6 is 0 Å². The Labute approximate surface area is 65.1 Å². The first-order valence-corrected chi connectivity index (χ1v) is 4.29. The van der Waals surface area contributed by atoms with Crippen molar-refractivity contribution in [2.45, 2.75) is 33.0 Å². The number of allylic oxidation sites excluding steroid dienone is 2. The third kappa shape index (κ3) is 1.45. The molecule has 3 atom stereocenters. The predicted molar refractivity (Wildman–Crippen MR) is 49.0 cm³/mol. The molecule has 2 unspecified atom stereocenters. The zero-order valence-electron chi connectivity index (χ0n) is 7.52. The zero-order valence-corrected chi connectivity index (χ0v) is 7.52. The van der Waals surface area contributed by atoms with Gasteiger partial charge < -0.3 is 0 Å². The highest BCUT2D eigenvalue weighted by atomic mass is 14.2. The van der Waals surface area contributed by atoms with Gasteiger partial charge in [-0.3, -0.25) is 0 Å². The van der Waals surface area contributed by atoms with E-state index in [0.29, 0.717) is 0 Å². The molecule has 1 aliphatic rings. The van der Waals surface area contributed by atoms with E-state index in [4.69, 9.17) is 0 Å². The van der Waals surface area contributed by atoms with Gasteiger partial charge in [-0.15, -0.1) is 0 Å². The fourth-order valence-electron chi connectivity index (χ4n) is 1.91. The van der Waals surface area contributed by atoms with Gasteiger partial charge in [0.1, 0.15) is 7.85 Å². The molecule has 0 aromatic carbocycles. The van der Waals surface area contributed by atoms with Crippen LogP contribution in [0.15, 0.2) is 11.6 Å². The minimum absolute atomic E-state index is 0.811. The summed E-state index contributed by atoms with van der Waals surface area (Å²) >= 11 is 0. The summed E-state index contributed by atoms with van der Waals surface area (Å²) < 4.78 is 0. The fourth-order valence-corrected chi connectivity index (χ4v) is 1.91. The fraction of sp³-hybridized carbons (Fsp3) is 0.778. The normalized spacial score (nSPS) is 41.1. The Morgan fingerprint density at radius 3 is 2.60 bits per heavy atom. The maximum atomic E-state index is 2.42. The molecule has 0 saturated heterocycles. The quantitative estimate of drug-likeness (QED) is 0.353. The molecule has 0 amide bonds. The van der Waals surface area contributed by atoms with E-state index < -0.39 is 0 Å². The van der Waals surface area contributed by atoms with Gasteiger partial charge in [-0.05, 0) is 18.8 Å². The summed E-state index contributed by atoms with van der Waals surface area (Å²) in [4.78, 5) is 0. The molecule has 0 aliphatic heterocycles. The van der Waals surface area contributed by atoms with Crippen LogP contribution in [0.2, 0.25) is 5.82 Å². The van der Waals surface area contributed by atoms with Crippen LogP contribution in [0.4, 0.5) is 0 Å². The van der Waals surface area contributed by atoms with Crippen LogP contribution < -0.4 is 0 Å². The molecule has 0 nitrogen and oxygen atoms in total. The van der Waals surface area contributed by atoms with Crippen molar-refractivity contribution in [3.8, 4) is 0 Å². The monoisotopic (exact) mass is 136 g/mol. The lowest BCUT2D eigenvalue weighted by molar-refractivity contribution is 0.393. The SMILES string of the molecule is BC1C=C(C)[C@H](C)C(C)C1. The molecule has 56 valence electrons. The van der Waals surface area contributed by atoms with Crippen molar-refractivity contribution in [3.05, 3.63) is 11.6 Å². The molecule has 0 saturated carbocycles. The average molecular weight is 136 g/mol. The lowest BCUT2D eigenvalue weighted by Gasteiger charge is -2.28. The van der Waals surface area contributed by atoms with Gasteiger partial charge in [0.25, 0.3) is 0 Å². The van der Waals surface area contributed by atoms with Gasteiger partial charge >= 0.3 is 0 Å². The van der Waals surface area contributed by atoms with E-state index in [1.54, 1.807) is 5.57 Å². The van der Waals surface area contributed by atoms with Crippen LogP contribution in [0, 0.1) is 11.8 Å². The molecular formula is C9H17B. The van der Waals surface area contributed by atoms with Crippen molar-refractivity contribution < 1.29 is 0 Å². The Bertz CT molecular complexity index is 149. The van der Waals surface area contributed by atoms with E-state index in [1.807, 2.05) is 0 Å². The second kappa shape index (κ2) is 2.81. The van der Waals surface area contributed by atoms with Gasteiger partial charge in [0, 0.05) is 0 Å². The summed E-state index contributed by atoms with van der Waals surface area (Å²) in [6.45, 7) is 6.96. The Hall–Kier alpha value is -0.195. The number of rotatable bonds is 0. The van der Waals surface area contributed by atoms with Crippen molar-refractivity contribution in [1.82, 2.24) is 0 Å². The summed E-state index contributed by atoms with van der Waals surface area (Å²) in [6.07, 6.45) is 3.79. The van der Waals surface area contributed by atoms with Crippen LogP contribution in [-0.2, 0) is 0 Å². The number of hydrogen-bond donors (Lipinski definition) is 0. The molecule has 0 aromatic heterocycles. The van der Waals surface area contributed by atoms with Crippen LogP contribution in [0.5, 0.6) is 0 Å². The molecular weight excluding hydrogens is 119 g/mol. The van der Waals surface area contributed by atoms with Crippen molar-refractivity contribution in [2.75, 3.05) is 0 Å². The molecule has 1 heteroatoms. The summed E-state index contributed by atoms with van der Waals surface area (Å²) in [5.74, 6) is 2.52. The summed E-state index contributed by atoms with van der Waals surface area (Å²) in [5.41, 5.74) is 1.59. The maximum Gasteiger partial charge on any atom is 0.110 e. The summed E-state index contributed by atoms with van der Waals surface area (Å²) in [5, 5.41) is 0. The smallest absolute Gasteiger partial charge is 0.0902 e. The minimum Gasteiger partial charge on any atom is -0.0902 e. The summed E-state index contributed by atoms with van der Waals surface area (Å²) in [7, 11) is 2.31. The second-order valence-electron chi connectivity index (χ2n) is 3.89. The Balaban J connectivity index is 2.71. The van der Waals surface area contributed by atoms with E-state index >= 15 is 0 Å². The van der Waals surface area contributed by atoms with Crippen LogP contribution in [-0.4, -0.2) is 7.85 Å². The molecule has 0 radical (unpaired) electrons. The first-order valence-electron chi connectivity index (χ1n) is 4.29. The highest BCUT2D eigenvalue weighted by molar-refractivity contribution is 6.13. The first kappa shape index (κ1) is 7.91. The Morgan fingerprint density at radius 2 is 2.10 bits per heavy atom. The van der Waals surface area contributed by atoms with Crippen LogP contribution in [0.3, 0.4) is 0 Å². The van der Waals surface area contributed by atoms with Crippen LogP contribution in [0.25, 0.3) is 0 Å². The Kier molecular flexibility index (Phi) is 2.23. The maximum absolute atomic E-state index is 2.42. The standard InChI is InChI=1S/C9H17B/c1-6-4-9(10)5-7(2)8(6)3/h4,7-9H,5,10H2,1-3H3/t7?,8-,9?/m0/s1. The molecule has 0 fully saturated rings. The van der Waals surface area contributed by atoms with Gasteiger partial charge in [0.2, 0.25) is 0 Å². The van der Waals surface area contributed by atoms with E-state index in [9.17, 15) is 0 Å². The van der Waals surface area contributed by atoms with Crippen molar-refractivity contribution in [1.29, 1.82) is 0 Å². The van der Waals surface area contributed by atoms with Crippen LogP contribution in [0.1, 0.15) is 27.2 Å². The predicted octanol–water partition coefficient (Wildman–Crippen LogP) is 2.03. The lowest BCUT2D eigenvalue weighted by atomic mass is 9.69. The van der Waals surface area contributed by atoms with E-state index in [2.05, 4.69) is 34.7 Å². The topological polar surface area (TPSA) is 0 Å². The van der Waals surface area contributed by atoms with Gasteiger partial charge in [-0.2, -0.15) is 0 Å². The molecule has 1 aliphatic carbocycles. The van der Waals surface area contributed by atoms with Crippen molar-refractivity contribution in [2.24, 2.45) is 11.8 Å². The first-order chi connectivity index (χ1) is 4.61. The van der Waals surface area contributed by atoms with Crippen molar-refractivity contribution >= 4 is 7.85 Å². The van der Waals surface area contributed by atoms with Crippen molar-refractivity contribution in [3.63, 3.8) is 0 Å². The molecule has 1 rings (SSSR count). The Morgan fingerprint density at radius 1 is 1.50 bits per heavy atom. The molecule has 0 heterocycles. The zero-order chi connectivity index (χ0) is 7.72. The van der Waals surface area contributed by atoms with E-state index in [1.165, 1.54) is 6.42 Å². The largest absolute Gasteiger partial charge is 0.110 e. The van der Waals surface area contributed by atoms with E-state index in [0.717, 1.165) is 17.7 Å².